The molecule has 0 aromatic carbocycles. The molecule has 1 heterocycles. The van der Waals surface area contributed by atoms with E-state index in [9.17, 15) is 31.1 Å². The molecule has 0 amide bonds. The molecule has 0 fully saturated rings. The normalized spacial score (nSPS) is 12.2. The third-order valence-corrected chi connectivity index (χ3v) is 2.66. The Morgan fingerprint density at radius 2 is 1.86 bits per heavy atom. The number of esters is 1. The first-order valence-corrected chi connectivity index (χ1v) is 5.99. The van der Waals surface area contributed by atoms with Gasteiger partial charge in [0.25, 0.3) is 0 Å². The van der Waals surface area contributed by atoms with E-state index in [0.717, 1.165) is 7.11 Å². The van der Waals surface area contributed by atoms with Crippen LogP contribution >= 0.6 is 11.6 Å². The van der Waals surface area contributed by atoms with Crippen molar-refractivity contribution >= 4 is 17.6 Å². The van der Waals surface area contributed by atoms with Gasteiger partial charge in [-0.1, -0.05) is 0 Å². The second-order valence-electron chi connectivity index (χ2n) is 3.85. The van der Waals surface area contributed by atoms with Crippen LogP contribution in [0, 0.1) is 0 Å². The summed E-state index contributed by atoms with van der Waals surface area (Å²) in [4.78, 5) is 14.4. The van der Waals surface area contributed by atoms with Crippen molar-refractivity contribution in [2.45, 2.75) is 24.8 Å². The van der Waals surface area contributed by atoms with Gasteiger partial charge in [-0.15, -0.1) is 24.8 Å². The van der Waals surface area contributed by atoms with Gasteiger partial charge < -0.3 is 9.47 Å². The minimum Gasteiger partial charge on any atom is -0.469 e. The summed E-state index contributed by atoms with van der Waals surface area (Å²) in [5.41, 5.74) is -3.31. The maximum absolute atomic E-state index is 13.1. The number of ether oxygens (including phenoxy) is 2. The number of methoxy groups -OCH3 is 1. The molecule has 0 aliphatic carbocycles. The fraction of sp³-hybridized carbons (Fsp3) is 0.455. The Morgan fingerprint density at radius 1 is 1.27 bits per heavy atom. The van der Waals surface area contributed by atoms with E-state index in [2.05, 4.69) is 14.5 Å². The van der Waals surface area contributed by atoms with Gasteiger partial charge in [-0.05, 0) is 0 Å². The van der Waals surface area contributed by atoms with E-state index < -0.39 is 53.4 Å². The van der Waals surface area contributed by atoms with E-state index in [1.165, 1.54) is 0 Å². The summed E-state index contributed by atoms with van der Waals surface area (Å²) < 4.78 is 83.7. The lowest BCUT2D eigenvalue weighted by Crippen LogP contribution is -2.23. The molecule has 124 valence electrons. The number of hydrogen-bond acceptors (Lipinski definition) is 4. The van der Waals surface area contributed by atoms with E-state index in [-0.39, 0.29) is 0 Å². The van der Waals surface area contributed by atoms with Crippen LogP contribution in [0.1, 0.15) is 16.8 Å². The monoisotopic (exact) mass is 351 g/mol. The van der Waals surface area contributed by atoms with Gasteiger partial charge >= 0.3 is 18.5 Å². The highest BCUT2D eigenvalue weighted by atomic mass is 35.5. The third-order valence-electron chi connectivity index (χ3n) is 2.41. The Balaban J connectivity index is 3.54. The number of aromatic nitrogens is 1. The van der Waals surface area contributed by atoms with E-state index in [4.69, 9.17) is 11.6 Å². The van der Waals surface area contributed by atoms with E-state index >= 15 is 0 Å². The molecule has 0 unspecified atom stereocenters. The molecular formula is C11H8ClF6NO3. The Morgan fingerprint density at radius 3 is 2.27 bits per heavy atom. The van der Waals surface area contributed by atoms with E-state index in [1.54, 1.807) is 0 Å². The zero-order chi connectivity index (χ0) is 17.1. The van der Waals surface area contributed by atoms with Crippen LogP contribution in [-0.4, -0.2) is 24.4 Å². The van der Waals surface area contributed by atoms with Crippen molar-refractivity contribution < 1.29 is 40.6 Å². The highest BCUT2D eigenvalue weighted by Gasteiger charge is 2.41. The summed E-state index contributed by atoms with van der Waals surface area (Å²) in [5, 5.41) is 0. The maximum Gasteiger partial charge on any atom is 0.573 e. The van der Waals surface area contributed by atoms with Crippen LogP contribution in [0.3, 0.4) is 0 Å². The lowest BCUT2D eigenvalue weighted by Gasteiger charge is -2.19. The Hall–Kier alpha value is -1.71. The summed E-state index contributed by atoms with van der Waals surface area (Å²) in [5.74, 6) is -3.13. The Labute approximate surface area is 125 Å². The summed E-state index contributed by atoms with van der Waals surface area (Å²) in [6.45, 7) is 0. The molecule has 0 saturated carbocycles. The lowest BCUT2D eigenvalue weighted by molar-refractivity contribution is -0.275. The first-order valence-electron chi connectivity index (χ1n) is 5.46. The number of alkyl halides is 7. The van der Waals surface area contributed by atoms with Crippen molar-refractivity contribution in [1.29, 1.82) is 0 Å². The van der Waals surface area contributed by atoms with E-state index in [1.807, 2.05) is 0 Å². The van der Waals surface area contributed by atoms with Gasteiger partial charge in [-0.3, -0.25) is 9.78 Å². The first-order chi connectivity index (χ1) is 9.99. The van der Waals surface area contributed by atoms with Crippen molar-refractivity contribution in [2.24, 2.45) is 0 Å². The molecule has 11 heteroatoms. The van der Waals surface area contributed by atoms with Crippen molar-refractivity contribution in [3.63, 3.8) is 0 Å². The zero-order valence-electron chi connectivity index (χ0n) is 10.8. The molecule has 1 aromatic heterocycles. The molecule has 1 aromatic rings. The Bertz CT molecular complexity index is 558. The number of rotatable bonds is 4. The van der Waals surface area contributed by atoms with Crippen LogP contribution in [0.4, 0.5) is 26.3 Å². The van der Waals surface area contributed by atoms with Crippen LogP contribution < -0.4 is 4.74 Å². The first kappa shape index (κ1) is 18.3. The summed E-state index contributed by atoms with van der Waals surface area (Å²) in [6.07, 6.45) is -11.0. The fourth-order valence-corrected chi connectivity index (χ4v) is 1.82. The van der Waals surface area contributed by atoms with Gasteiger partial charge in [-0.25, -0.2) is 0 Å². The average molecular weight is 352 g/mol. The zero-order valence-corrected chi connectivity index (χ0v) is 11.6. The Kier molecular flexibility index (Phi) is 5.49. The van der Waals surface area contributed by atoms with Crippen molar-refractivity contribution in [2.75, 3.05) is 7.11 Å². The minimum absolute atomic E-state index is 0.429. The highest BCUT2D eigenvalue weighted by Crippen LogP contribution is 2.40. The van der Waals surface area contributed by atoms with Crippen LogP contribution in [-0.2, 0) is 28.0 Å². The molecule has 0 N–H and O–H groups in total. The van der Waals surface area contributed by atoms with E-state index in [0.29, 0.717) is 6.20 Å². The van der Waals surface area contributed by atoms with Gasteiger partial charge in [0.2, 0.25) is 0 Å². The standard InChI is InChI=1S/C11H8ClF6NO3/c1-21-8(20)2-5-7(22-11(16,17)18)4-19-6(3-12)9(5)10(13,14)15/h4H,2-3H2,1H3. The molecular weight excluding hydrogens is 344 g/mol. The molecule has 0 atom stereocenters. The maximum atomic E-state index is 13.1. The average Bonchev–Trinajstić information content (AvgIpc) is 2.37. The molecule has 0 radical (unpaired) electrons. The second kappa shape index (κ2) is 6.59. The molecule has 22 heavy (non-hydrogen) atoms. The van der Waals surface area contributed by atoms with Crippen LogP contribution in [0.15, 0.2) is 6.20 Å². The number of nitrogens with zero attached hydrogens (tertiary/aromatic N) is 1. The van der Waals surface area contributed by atoms with Crippen LogP contribution in [0.25, 0.3) is 0 Å². The molecule has 1 rings (SSSR count). The topological polar surface area (TPSA) is 48.4 Å². The predicted molar refractivity (Wildman–Crippen MR) is 61.2 cm³/mol. The highest BCUT2D eigenvalue weighted by molar-refractivity contribution is 6.17. The number of hydrogen-bond donors (Lipinski definition) is 0. The summed E-state index contributed by atoms with van der Waals surface area (Å²) in [6, 6.07) is 0. The van der Waals surface area contributed by atoms with Gasteiger partial charge in [0.1, 0.15) is 0 Å². The largest absolute Gasteiger partial charge is 0.573 e. The van der Waals surface area contributed by atoms with Crippen molar-refractivity contribution in [3.05, 3.63) is 23.0 Å². The predicted octanol–water partition coefficient (Wildman–Crippen LogP) is 3.45. The molecule has 0 aliphatic heterocycles. The molecule has 0 spiro atoms. The van der Waals surface area contributed by atoms with Gasteiger partial charge in [0.15, 0.2) is 5.75 Å². The quantitative estimate of drug-likeness (QED) is 0.473. The van der Waals surface area contributed by atoms with Crippen LogP contribution in [0.5, 0.6) is 5.75 Å². The summed E-state index contributed by atoms with van der Waals surface area (Å²) in [7, 11) is 0.879. The number of halogens is 7. The SMILES string of the molecule is COC(=O)Cc1c(OC(F)(F)F)cnc(CCl)c1C(F)(F)F. The number of carbonyl (C=O) groups excluding carboxylic acids is 1. The number of carbonyl (C=O) groups is 1. The molecule has 4 nitrogen and oxygen atoms in total. The van der Waals surface area contributed by atoms with Gasteiger partial charge in [0, 0.05) is 5.56 Å². The molecule has 0 bridgehead atoms. The molecule has 0 saturated heterocycles. The third kappa shape index (κ3) is 4.65. The van der Waals surface area contributed by atoms with Crippen molar-refractivity contribution in [3.8, 4) is 5.75 Å². The molecule has 0 aliphatic rings. The number of pyridine rings is 1. The minimum atomic E-state index is -5.25. The van der Waals surface area contributed by atoms with Gasteiger partial charge in [-0.2, -0.15) is 13.2 Å². The fourth-order valence-electron chi connectivity index (χ4n) is 1.62. The van der Waals surface area contributed by atoms with Crippen LogP contribution in [0.2, 0.25) is 0 Å². The van der Waals surface area contributed by atoms with Gasteiger partial charge in [0.05, 0.1) is 36.9 Å². The van der Waals surface area contributed by atoms with Crippen molar-refractivity contribution in [1.82, 2.24) is 4.98 Å². The smallest absolute Gasteiger partial charge is 0.469 e. The second-order valence-corrected chi connectivity index (χ2v) is 4.12. The lowest BCUT2D eigenvalue weighted by atomic mass is 10.0. The summed E-state index contributed by atoms with van der Waals surface area (Å²) >= 11 is 5.32.